The molecule has 1 aliphatic heterocycles. The third kappa shape index (κ3) is 5.36. The zero-order valence-electron chi connectivity index (χ0n) is 21.7. The Balaban J connectivity index is 1.55. The summed E-state index contributed by atoms with van der Waals surface area (Å²) in [7, 11) is -4.26. The molecule has 1 saturated heterocycles. The zero-order valence-corrected chi connectivity index (χ0v) is 22.5. The summed E-state index contributed by atoms with van der Waals surface area (Å²) < 4.78 is 59.8. The second-order valence-electron chi connectivity index (χ2n) is 9.81. The number of nitrogens with one attached hydrogen (secondary N) is 2. The summed E-state index contributed by atoms with van der Waals surface area (Å²) in [5.41, 5.74) is 1.30. The molecule has 2 aromatic carbocycles. The molecule has 212 valence electrons. The molecular weight excluding hydrogens is 544 g/mol. The number of aliphatic hydroxyl groups excluding tert-OH is 1. The van der Waals surface area contributed by atoms with E-state index in [2.05, 4.69) is 15.6 Å². The van der Waals surface area contributed by atoms with Crippen molar-refractivity contribution in [2.45, 2.75) is 35.4 Å². The molecule has 3 aromatic rings. The SMILES string of the molecule is C[C@H]1COCCN1c1cc(C2(S(=O)(=O)c3ccc(F)cc3F)CC2)nc(-c2ccc(NC(=O)NCCO)cc2)n1. The minimum absolute atomic E-state index is 0.0327. The standard InChI is InChI=1S/C27H29F2N5O5S/c1-17-16-39-13-11-34(17)24-15-23(27(8-9-27)40(37,38)22-7-4-19(28)14-21(22)29)32-25(33-24)18-2-5-20(6-3-18)31-26(36)30-10-12-35/h2-7,14-15,17,35H,8-13,16H2,1H3,(H2,30,31,36)/t17-/m0/s1. The van der Waals surface area contributed by atoms with Gasteiger partial charge in [-0.15, -0.1) is 0 Å². The van der Waals surface area contributed by atoms with Crippen molar-refractivity contribution in [3.05, 3.63) is 65.9 Å². The predicted molar refractivity (Wildman–Crippen MR) is 144 cm³/mol. The Morgan fingerprint density at radius 2 is 1.90 bits per heavy atom. The normalized spacial score (nSPS) is 18.3. The fraction of sp³-hybridized carbons (Fsp3) is 0.370. The van der Waals surface area contributed by atoms with Crippen LogP contribution in [0.4, 0.5) is 25.1 Å². The van der Waals surface area contributed by atoms with Gasteiger partial charge in [0.2, 0.25) is 0 Å². The number of aromatic nitrogens is 2. The number of carbonyl (C=O) groups excluding carboxylic acids is 1. The van der Waals surface area contributed by atoms with Gasteiger partial charge in [0.25, 0.3) is 0 Å². The lowest BCUT2D eigenvalue weighted by Crippen LogP contribution is -2.44. The molecule has 0 unspecified atom stereocenters. The summed E-state index contributed by atoms with van der Waals surface area (Å²) in [5.74, 6) is -1.22. The number of rotatable bonds is 8. The van der Waals surface area contributed by atoms with Gasteiger partial charge in [-0.3, -0.25) is 0 Å². The third-order valence-electron chi connectivity index (χ3n) is 7.04. The summed E-state index contributed by atoms with van der Waals surface area (Å²) in [4.78, 5) is 22.8. The van der Waals surface area contributed by atoms with E-state index >= 15 is 0 Å². The Morgan fingerprint density at radius 3 is 2.55 bits per heavy atom. The van der Waals surface area contributed by atoms with Crippen LogP contribution in [0.2, 0.25) is 0 Å². The second-order valence-corrected chi connectivity index (χ2v) is 12.0. The number of hydrogen-bond acceptors (Lipinski definition) is 8. The van der Waals surface area contributed by atoms with Gasteiger partial charge in [0.1, 0.15) is 27.1 Å². The number of halogens is 2. The minimum atomic E-state index is -4.26. The topological polar surface area (TPSA) is 134 Å². The van der Waals surface area contributed by atoms with Gasteiger partial charge >= 0.3 is 6.03 Å². The largest absolute Gasteiger partial charge is 0.395 e. The van der Waals surface area contributed by atoms with Crippen LogP contribution >= 0.6 is 0 Å². The van der Waals surface area contributed by atoms with E-state index in [1.807, 2.05) is 11.8 Å². The van der Waals surface area contributed by atoms with Crippen molar-refractivity contribution in [2.24, 2.45) is 0 Å². The van der Waals surface area contributed by atoms with Gasteiger partial charge in [0, 0.05) is 36.5 Å². The Kier molecular flexibility index (Phi) is 7.71. The second kappa shape index (κ2) is 11.1. The molecule has 2 heterocycles. The monoisotopic (exact) mass is 573 g/mol. The average Bonchev–Trinajstić information content (AvgIpc) is 3.75. The van der Waals surface area contributed by atoms with E-state index in [-0.39, 0.29) is 43.6 Å². The zero-order chi connectivity index (χ0) is 28.5. The summed E-state index contributed by atoms with van der Waals surface area (Å²) in [5, 5.41) is 14.0. The number of anilines is 2. The van der Waals surface area contributed by atoms with Crippen LogP contribution < -0.4 is 15.5 Å². The average molecular weight is 574 g/mol. The maximum Gasteiger partial charge on any atom is 0.319 e. The number of morpholine rings is 1. The van der Waals surface area contributed by atoms with Crippen molar-refractivity contribution in [3.63, 3.8) is 0 Å². The lowest BCUT2D eigenvalue weighted by molar-refractivity contribution is 0.0985. The number of ether oxygens (including phenoxy) is 1. The van der Waals surface area contributed by atoms with E-state index < -0.39 is 37.1 Å². The molecule has 3 N–H and O–H groups in total. The number of amides is 2. The molecule has 13 heteroatoms. The molecule has 10 nitrogen and oxygen atoms in total. The van der Waals surface area contributed by atoms with Crippen molar-refractivity contribution < 1.29 is 31.8 Å². The molecule has 1 aromatic heterocycles. The van der Waals surface area contributed by atoms with Crippen LogP contribution in [0, 0.1) is 11.6 Å². The van der Waals surface area contributed by atoms with E-state index in [1.165, 1.54) is 0 Å². The third-order valence-corrected chi connectivity index (χ3v) is 9.60. The van der Waals surface area contributed by atoms with Crippen LogP contribution in [-0.4, -0.2) is 68.5 Å². The van der Waals surface area contributed by atoms with Gasteiger partial charge in [-0.1, -0.05) is 0 Å². The first-order valence-corrected chi connectivity index (χ1v) is 14.3. The smallest absolute Gasteiger partial charge is 0.319 e. The van der Waals surface area contributed by atoms with Crippen LogP contribution in [0.15, 0.2) is 53.4 Å². The van der Waals surface area contributed by atoms with Gasteiger partial charge < -0.3 is 25.4 Å². The fourth-order valence-electron chi connectivity index (χ4n) is 4.74. The number of urea groups is 1. The quantitative estimate of drug-likeness (QED) is 0.350. The molecule has 40 heavy (non-hydrogen) atoms. The summed E-state index contributed by atoms with van der Waals surface area (Å²) in [6.45, 7) is 3.38. The Morgan fingerprint density at radius 1 is 1.15 bits per heavy atom. The van der Waals surface area contributed by atoms with E-state index in [1.54, 1.807) is 30.3 Å². The first-order chi connectivity index (χ1) is 19.1. The number of nitrogens with zero attached hydrogens (tertiary/aromatic N) is 3. The van der Waals surface area contributed by atoms with Crippen molar-refractivity contribution in [1.82, 2.24) is 15.3 Å². The molecular formula is C27H29F2N5O5S. The van der Waals surface area contributed by atoms with Crippen LogP contribution in [0.1, 0.15) is 25.5 Å². The molecule has 1 saturated carbocycles. The Hall–Kier alpha value is -3.68. The van der Waals surface area contributed by atoms with Crippen LogP contribution in [0.5, 0.6) is 0 Å². The Labute approximate surface area is 230 Å². The number of sulfone groups is 1. The van der Waals surface area contributed by atoms with Crippen molar-refractivity contribution in [1.29, 1.82) is 0 Å². The number of aliphatic hydroxyl groups is 1. The molecule has 2 amide bonds. The number of carbonyl (C=O) groups is 1. The maximum absolute atomic E-state index is 14.7. The van der Waals surface area contributed by atoms with Crippen LogP contribution in [0.25, 0.3) is 11.4 Å². The molecule has 0 bridgehead atoms. The minimum Gasteiger partial charge on any atom is -0.395 e. The molecule has 5 rings (SSSR count). The van der Waals surface area contributed by atoms with E-state index in [0.717, 1.165) is 12.1 Å². The fourth-order valence-corrected chi connectivity index (χ4v) is 6.74. The van der Waals surface area contributed by atoms with Gasteiger partial charge in [-0.05, 0) is 56.2 Å². The lowest BCUT2D eigenvalue weighted by atomic mass is 10.1. The summed E-state index contributed by atoms with van der Waals surface area (Å²) >= 11 is 0. The molecule has 2 aliphatic rings. The lowest BCUT2D eigenvalue weighted by Gasteiger charge is -2.34. The molecule has 1 atom stereocenters. The van der Waals surface area contributed by atoms with Crippen LogP contribution in [-0.2, 0) is 19.3 Å². The summed E-state index contributed by atoms with van der Waals surface area (Å²) in [6, 6.07) is 10.3. The first kappa shape index (κ1) is 27.9. The molecule has 2 fully saturated rings. The van der Waals surface area contributed by atoms with Gasteiger partial charge in [0.15, 0.2) is 15.7 Å². The van der Waals surface area contributed by atoms with Crippen molar-refractivity contribution >= 4 is 27.4 Å². The number of benzene rings is 2. The van der Waals surface area contributed by atoms with Crippen molar-refractivity contribution in [3.8, 4) is 11.4 Å². The first-order valence-electron chi connectivity index (χ1n) is 12.8. The maximum atomic E-state index is 14.7. The Bertz CT molecular complexity index is 1520. The van der Waals surface area contributed by atoms with E-state index in [4.69, 9.17) is 14.8 Å². The van der Waals surface area contributed by atoms with Gasteiger partial charge in [0.05, 0.1) is 31.6 Å². The molecule has 0 radical (unpaired) electrons. The molecule has 0 spiro atoms. The predicted octanol–water partition coefficient (Wildman–Crippen LogP) is 3.22. The highest BCUT2D eigenvalue weighted by molar-refractivity contribution is 7.92. The number of hydrogen-bond donors (Lipinski definition) is 3. The van der Waals surface area contributed by atoms with Crippen LogP contribution in [0.3, 0.4) is 0 Å². The highest BCUT2D eigenvalue weighted by Crippen LogP contribution is 2.55. The molecule has 1 aliphatic carbocycles. The van der Waals surface area contributed by atoms with Gasteiger partial charge in [-0.2, -0.15) is 0 Å². The van der Waals surface area contributed by atoms with E-state index in [9.17, 15) is 22.0 Å². The highest BCUT2D eigenvalue weighted by Gasteiger charge is 2.58. The summed E-state index contributed by atoms with van der Waals surface area (Å²) in [6.07, 6.45) is 0.457. The van der Waals surface area contributed by atoms with Gasteiger partial charge in [-0.25, -0.2) is 32.0 Å². The van der Waals surface area contributed by atoms with E-state index in [0.29, 0.717) is 42.9 Å². The highest BCUT2D eigenvalue weighted by atomic mass is 32.2. The van der Waals surface area contributed by atoms with Crippen molar-refractivity contribution in [2.75, 3.05) is 43.1 Å².